The molecule has 1 heterocycles. The second-order valence-electron chi connectivity index (χ2n) is 4.53. The molecule has 2 N–H and O–H groups in total. The van der Waals surface area contributed by atoms with Crippen LogP contribution in [0.15, 0.2) is 29.4 Å². The van der Waals surface area contributed by atoms with E-state index >= 15 is 0 Å². The molecule has 0 aliphatic rings. The first-order valence-corrected chi connectivity index (χ1v) is 7.06. The zero-order valence-electron chi connectivity index (χ0n) is 11.6. The Hall–Kier alpha value is -2.28. The predicted octanol–water partition coefficient (Wildman–Crippen LogP) is 2.86. The summed E-state index contributed by atoms with van der Waals surface area (Å²) in [7, 11) is 0. The number of aromatic nitrogens is 3. The van der Waals surface area contributed by atoms with Gasteiger partial charge in [-0.3, -0.25) is 5.10 Å². The van der Waals surface area contributed by atoms with Gasteiger partial charge in [-0.05, 0) is 36.3 Å². The molecule has 0 spiro atoms. The lowest BCUT2D eigenvalue weighted by Gasteiger charge is -1.99. The first kappa shape index (κ1) is 15.1. The van der Waals surface area contributed by atoms with E-state index in [9.17, 15) is 4.79 Å². The number of nitrogens with zero attached hydrogens (tertiary/aromatic N) is 3. The molecule has 1 aromatic heterocycles. The summed E-state index contributed by atoms with van der Waals surface area (Å²) in [6.07, 6.45) is 4.52. The first-order valence-electron chi connectivity index (χ1n) is 6.66. The molecule has 0 aliphatic carbocycles. The Kier molecular flexibility index (Phi) is 4.99. The highest BCUT2D eigenvalue weighted by molar-refractivity contribution is 7.71. The van der Waals surface area contributed by atoms with Gasteiger partial charge in [-0.2, -0.15) is 14.9 Å². The quantitative estimate of drug-likeness (QED) is 0.635. The van der Waals surface area contributed by atoms with Crippen LogP contribution in [-0.2, 0) is 6.42 Å². The molecule has 0 amide bonds. The molecule has 1 aromatic carbocycles. The summed E-state index contributed by atoms with van der Waals surface area (Å²) in [6.45, 7) is 2.11. The molecule has 0 saturated carbocycles. The maximum atomic E-state index is 10.8. The van der Waals surface area contributed by atoms with Gasteiger partial charge in [-0.15, -0.1) is 0 Å². The molecule has 2 rings (SSSR count). The van der Waals surface area contributed by atoms with Crippen LogP contribution in [0.3, 0.4) is 0 Å². The number of hydrogen-bond donors (Lipinski definition) is 2. The van der Waals surface area contributed by atoms with E-state index in [1.54, 1.807) is 23.0 Å². The Morgan fingerprint density at radius 3 is 2.81 bits per heavy atom. The highest BCUT2D eigenvalue weighted by atomic mass is 32.1. The van der Waals surface area contributed by atoms with Crippen LogP contribution in [0.25, 0.3) is 0 Å². The minimum Gasteiger partial charge on any atom is -0.478 e. The number of carboxylic acids is 1. The predicted molar refractivity (Wildman–Crippen MR) is 82.4 cm³/mol. The number of unbranched alkanes of at least 4 members (excludes halogenated alkanes) is 1. The molecule has 0 unspecified atom stereocenters. The van der Waals surface area contributed by atoms with Crippen LogP contribution in [0.5, 0.6) is 0 Å². The summed E-state index contributed by atoms with van der Waals surface area (Å²) in [5.41, 5.74) is 1.04. The van der Waals surface area contributed by atoms with Crippen molar-refractivity contribution in [1.82, 2.24) is 14.9 Å². The Morgan fingerprint density at radius 1 is 1.48 bits per heavy atom. The summed E-state index contributed by atoms with van der Waals surface area (Å²) in [4.78, 5) is 10.8. The second-order valence-corrected chi connectivity index (χ2v) is 4.92. The maximum absolute atomic E-state index is 10.8. The van der Waals surface area contributed by atoms with Crippen molar-refractivity contribution in [2.24, 2.45) is 5.10 Å². The van der Waals surface area contributed by atoms with Crippen LogP contribution in [-0.4, -0.2) is 32.2 Å². The largest absolute Gasteiger partial charge is 0.478 e. The van der Waals surface area contributed by atoms with Crippen LogP contribution >= 0.6 is 12.2 Å². The van der Waals surface area contributed by atoms with Gasteiger partial charge in [-0.1, -0.05) is 25.5 Å². The Labute approximate surface area is 127 Å². The first-order chi connectivity index (χ1) is 10.1. The molecule has 0 bridgehead atoms. The smallest absolute Gasteiger partial charge is 0.335 e. The lowest BCUT2D eigenvalue weighted by atomic mass is 10.1. The highest BCUT2D eigenvalue weighted by Gasteiger charge is 2.04. The molecule has 0 fully saturated rings. The molecule has 0 atom stereocenters. The molecule has 0 radical (unpaired) electrons. The number of nitrogens with one attached hydrogen (secondary N) is 1. The third-order valence-electron chi connectivity index (χ3n) is 2.95. The Morgan fingerprint density at radius 2 is 2.19 bits per heavy atom. The van der Waals surface area contributed by atoms with Crippen molar-refractivity contribution in [1.29, 1.82) is 0 Å². The maximum Gasteiger partial charge on any atom is 0.335 e. The van der Waals surface area contributed by atoms with E-state index in [0.29, 0.717) is 4.77 Å². The summed E-state index contributed by atoms with van der Waals surface area (Å²) in [5, 5.41) is 20.0. The van der Waals surface area contributed by atoms with E-state index < -0.39 is 5.97 Å². The minimum absolute atomic E-state index is 0.246. The molecule has 21 heavy (non-hydrogen) atoms. The van der Waals surface area contributed by atoms with E-state index in [-0.39, 0.29) is 5.56 Å². The van der Waals surface area contributed by atoms with Crippen LogP contribution in [0.2, 0.25) is 0 Å². The molecule has 0 saturated heterocycles. The van der Waals surface area contributed by atoms with Gasteiger partial charge in [0.05, 0.1) is 11.8 Å². The van der Waals surface area contributed by atoms with Crippen molar-refractivity contribution in [3.63, 3.8) is 0 Å². The van der Waals surface area contributed by atoms with Gasteiger partial charge in [0.1, 0.15) is 0 Å². The van der Waals surface area contributed by atoms with E-state index in [0.717, 1.165) is 30.7 Å². The summed E-state index contributed by atoms with van der Waals surface area (Å²) >= 11 is 5.15. The van der Waals surface area contributed by atoms with Crippen molar-refractivity contribution in [3.8, 4) is 0 Å². The molecule has 2 aromatic rings. The minimum atomic E-state index is -0.947. The standard InChI is InChI=1S/C14H16N4O2S/c1-2-3-4-12-16-17-14(21)18(12)15-9-10-5-7-11(8-6-10)13(19)20/h5-9H,2-4H2,1H3,(H,17,21)(H,19,20)/b15-9+. The number of carbonyl (C=O) groups is 1. The number of aromatic carboxylic acids is 1. The van der Waals surface area contributed by atoms with Crippen molar-refractivity contribution in [2.45, 2.75) is 26.2 Å². The zero-order chi connectivity index (χ0) is 15.2. The van der Waals surface area contributed by atoms with Gasteiger partial charge in [0, 0.05) is 6.42 Å². The normalized spacial score (nSPS) is 11.1. The number of hydrogen-bond acceptors (Lipinski definition) is 4. The number of benzene rings is 1. The monoisotopic (exact) mass is 304 g/mol. The Balaban J connectivity index is 2.19. The van der Waals surface area contributed by atoms with E-state index in [4.69, 9.17) is 17.3 Å². The average molecular weight is 304 g/mol. The summed E-state index contributed by atoms with van der Waals surface area (Å²) in [5.74, 6) is -0.155. The topological polar surface area (TPSA) is 83.3 Å². The van der Waals surface area contributed by atoms with Gasteiger partial charge in [0.2, 0.25) is 4.77 Å². The molecule has 110 valence electrons. The van der Waals surface area contributed by atoms with Gasteiger partial charge in [0.25, 0.3) is 0 Å². The molecule has 0 aliphatic heterocycles. The van der Waals surface area contributed by atoms with Gasteiger partial charge in [-0.25, -0.2) is 4.79 Å². The fourth-order valence-electron chi connectivity index (χ4n) is 1.78. The molecular formula is C14H16N4O2S. The number of carboxylic acid groups (broad SMARTS) is 1. The van der Waals surface area contributed by atoms with Crippen molar-refractivity contribution >= 4 is 24.4 Å². The number of aryl methyl sites for hydroxylation is 1. The lowest BCUT2D eigenvalue weighted by Crippen LogP contribution is -2.00. The Bertz CT molecular complexity index is 701. The number of H-pyrrole nitrogens is 1. The summed E-state index contributed by atoms with van der Waals surface area (Å²) in [6, 6.07) is 6.47. The number of rotatable bonds is 6. The lowest BCUT2D eigenvalue weighted by molar-refractivity contribution is 0.0697. The van der Waals surface area contributed by atoms with E-state index in [1.807, 2.05) is 0 Å². The van der Waals surface area contributed by atoms with Crippen LogP contribution in [0, 0.1) is 4.77 Å². The highest BCUT2D eigenvalue weighted by Crippen LogP contribution is 2.05. The van der Waals surface area contributed by atoms with Gasteiger partial charge in [0.15, 0.2) is 5.82 Å². The molecule has 6 nitrogen and oxygen atoms in total. The van der Waals surface area contributed by atoms with Crippen molar-refractivity contribution < 1.29 is 9.90 Å². The SMILES string of the molecule is CCCCc1n[nH]c(=S)n1/N=C/c1ccc(C(=O)O)cc1. The fourth-order valence-corrected chi connectivity index (χ4v) is 1.97. The van der Waals surface area contributed by atoms with Crippen LogP contribution < -0.4 is 0 Å². The van der Waals surface area contributed by atoms with E-state index in [2.05, 4.69) is 22.2 Å². The average Bonchev–Trinajstić information content (AvgIpc) is 2.83. The number of aromatic amines is 1. The third kappa shape index (κ3) is 3.85. The van der Waals surface area contributed by atoms with Gasteiger partial charge >= 0.3 is 5.97 Å². The molecule has 7 heteroatoms. The van der Waals surface area contributed by atoms with E-state index in [1.165, 1.54) is 12.1 Å². The fraction of sp³-hybridized carbons (Fsp3) is 0.286. The van der Waals surface area contributed by atoms with Crippen LogP contribution in [0.4, 0.5) is 0 Å². The second kappa shape index (κ2) is 6.94. The van der Waals surface area contributed by atoms with Crippen molar-refractivity contribution in [2.75, 3.05) is 0 Å². The van der Waals surface area contributed by atoms with Crippen LogP contribution in [0.1, 0.15) is 41.5 Å². The summed E-state index contributed by atoms with van der Waals surface area (Å²) < 4.78 is 2.04. The third-order valence-corrected chi connectivity index (χ3v) is 3.22. The molecular weight excluding hydrogens is 288 g/mol. The van der Waals surface area contributed by atoms with Crippen molar-refractivity contribution in [3.05, 3.63) is 46.0 Å². The van der Waals surface area contributed by atoms with Gasteiger partial charge < -0.3 is 5.11 Å². The zero-order valence-corrected chi connectivity index (χ0v) is 12.4.